The highest BCUT2D eigenvalue weighted by atomic mass is 16.7. The number of carboxylic acid groups (broad SMARTS) is 1. The summed E-state index contributed by atoms with van der Waals surface area (Å²) >= 11 is 0. The van der Waals surface area contributed by atoms with Gasteiger partial charge in [0.25, 0.3) is 0 Å². The molecule has 0 spiro atoms. The van der Waals surface area contributed by atoms with Crippen molar-refractivity contribution in [3.63, 3.8) is 0 Å². The highest BCUT2D eigenvalue weighted by Gasteiger charge is 2.55. The Bertz CT molecular complexity index is 2440. The summed E-state index contributed by atoms with van der Waals surface area (Å²) in [6.07, 6.45) is -6.82. The number of carbonyl (C=O) groups is 3. The molecule has 1 aromatic heterocycles. The maximum atomic E-state index is 14.6. The molecule has 0 aliphatic carbocycles. The molecule has 22 heteroatoms. The molecular weight excluding hydrogens is 1010 g/mol. The van der Waals surface area contributed by atoms with Crippen LogP contribution in [0, 0.1) is 23.7 Å². The van der Waals surface area contributed by atoms with E-state index in [-0.39, 0.29) is 49.1 Å². The van der Waals surface area contributed by atoms with Gasteiger partial charge in [-0.2, -0.15) is 0 Å². The smallest absolute Gasteiger partial charge is 0.341 e. The molecule has 4 heterocycles. The topological polar surface area (TPSA) is 279 Å². The van der Waals surface area contributed by atoms with Crippen molar-refractivity contribution < 1.29 is 77.9 Å². The Morgan fingerprint density at radius 2 is 1.56 bits per heavy atom. The van der Waals surface area contributed by atoms with Crippen LogP contribution >= 0.6 is 0 Å². The van der Waals surface area contributed by atoms with Crippen molar-refractivity contribution in [2.24, 2.45) is 28.8 Å². The molecular formula is C56H91N5O17. The molecule has 18 atom stereocenters. The number of oxime groups is 1. The van der Waals surface area contributed by atoms with Gasteiger partial charge >= 0.3 is 17.9 Å². The van der Waals surface area contributed by atoms with Crippen LogP contribution in [-0.2, 0) is 53.9 Å². The number of aromatic carboxylic acids is 1. The fraction of sp³-hybridized carbons (Fsp3) is 0.768. The minimum atomic E-state index is -2.00. The van der Waals surface area contributed by atoms with E-state index in [0.717, 1.165) is 5.56 Å². The Morgan fingerprint density at radius 3 is 2.15 bits per heavy atom. The summed E-state index contributed by atoms with van der Waals surface area (Å²) in [6, 6.07) is 5.10. The Kier molecular flexibility index (Phi) is 22.3. The molecule has 0 saturated carbocycles. The first kappa shape index (κ1) is 64.5. The second kappa shape index (κ2) is 27.0. The molecule has 0 amide bonds. The van der Waals surface area contributed by atoms with E-state index in [2.05, 4.69) is 10.5 Å². The number of nitrogens with zero attached hydrogens (tertiary/aromatic N) is 4. The predicted octanol–water partition coefficient (Wildman–Crippen LogP) is 4.07. The number of carbonyl (C=O) groups excluding carboxylic acids is 2. The maximum absolute atomic E-state index is 14.6. The molecule has 3 saturated heterocycles. The van der Waals surface area contributed by atoms with Gasteiger partial charge in [-0.15, -0.1) is 0 Å². The fourth-order valence-electron chi connectivity index (χ4n) is 11.9. The number of hydrogen-bond donors (Lipinski definition) is 6. The largest absolute Gasteiger partial charge is 0.477 e. The first-order chi connectivity index (χ1) is 36.5. The molecule has 0 unspecified atom stereocenters. The van der Waals surface area contributed by atoms with Gasteiger partial charge in [0.15, 0.2) is 18.7 Å². The number of rotatable bonds is 18. The number of hydrogen-bond acceptors (Lipinski definition) is 20. The number of fused-ring (bicyclic) bond motifs is 1. The van der Waals surface area contributed by atoms with E-state index < -0.39 is 119 Å². The van der Waals surface area contributed by atoms with Crippen molar-refractivity contribution in [2.75, 3.05) is 60.5 Å². The van der Waals surface area contributed by atoms with Gasteiger partial charge in [-0.05, 0) is 112 Å². The molecule has 78 heavy (non-hydrogen) atoms. The number of cyclic esters (lactones) is 1. The van der Waals surface area contributed by atoms with Crippen LogP contribution in [-0.4, -0.2) is 199 Å². The average molecular weight is 1110 g/mol. The number of aryl methyl sites for hydroxylation is 1. The van der Waals surface area contributed by atoms with Crippen LogP contribution in [0.3, 0.4) is 0 Å². The number of pyridine rings is 1. The minimum Gasteiger partial charge on any atom is -0.477 e. The lowest BCUT2D eigenvalue weighted by molar-refractivity contribution is -0.320. The molecule has 1 aromatic carbocycles. The molecule has 442 valence electrons. The van der Waals surface area contributed by atoms with Gasteiger partial charge in [0.05, 0.1) is 59.7 Å². The highest BCUT2D eigenvalue weighted by molar-refractivity contribution is 5.93. The number of esters is 2. The second-order valence-corrected chi connectivity index (χ2v) is 23.0. The summed E-state index contributed by atoms with van der Waals surface area (Å²) in [5.41, 5.74) is -3.72. The van der Waals surface area contributed by atoms with Gasteiger partial charge in [0.2, 0.25) is 5.43 Å². The van der Waals surface area contributed by atoms with E-state index in [4.69, 9.17) is 37.9 Å². The molecule has 3 aliphatic rings. The molecule has 3 aliphatic heterocycles. The van der Waals surface area contributed by atoms with Gasteiger partial charge in [-0.1, -0.05) is 38.9 Å². The number of methoxy groups -OCH3 is 2. The van der Waals surface area contributed by atoms with E-state index in [0.29, 0.717) is 43.3 Å². The number of aromatic nitrogens is 1. The molecule has 0 radical (unpaired) electrons. The normalized spacial score (nSPS) is 37.0. The Morgan fingerprint density at radius 1 is 0.910 bits per heavy atom. The van der Waals surface area contributed by atoms with Crippen molar-refractivity contribution in [2.45, 2.75) is 198 Å². The lowest BCUT2D eigenvalue weighted by Crippen LogP contribution is -2.61. The van der Waals surface area contributed by atoms with E-state index in [1.54, 1.807) is 70.5 Å². The zero-order chi connectivity index (χ0) is 58.4. The van der Waals surface area contributed by atoms with Crippen LogP contribution in [0.25, 0.3) is 10.9 Å². The standard InChI is InChI=1S/C56H91N5O17/c1-17-41-56(10,69)48(65)32(4)44(58-70)30(2)27-54(8,71-15)49(78-53-46(64)40(59(11)12)25-31(3)73-53)33(5)47(34(6)52(68)75-41)77-43-28-55(9,72-16)50(35(7)74-43)76-42(62)22-24-57-23-18-19-36-20-21-39-37(26-36)45(63)38(51(66)67)29-61(39)60(13)14/h20-21,26,29-35,40-41,43,46-50,53,57,64-65,69-70H,17-19,22-25,27-28H2,1-16H3,(H,66,67)/b58-44+/t30-,31-,32-,33+,34-,35+,40+,41-,43+,46-,47+,48-,49-,50+,53+,54-,55-,56-/m1/s1. The van der Waals surface area contributed by atoms with Crippen molar-refractivity contribution in [1.29, 1.82) is 0 Å². The number of carboxylic acids is 1. The summed E-state index contributed by atoms with van der Waals surface area (Å²) < 4.78 is 53.2. The summed E-state index contributed by atoms with van der Waals surface area (Å²) in [5, 5.41) is 64.7. The molecule has 6 N–H and O–H groups in total. The number of likely N-dealkylation sites (N-methyl/N-ethyl adjacent to an activating group) is 1. The van der Waals surface area contributed by atoms with Gasteiger partial charge in [-0.3, -0.25) is 19.1 Å². The number of nitrogens with one attached hydrogen (secondary N) is 1. The third kappa shape index (κ3) is 14.4. The summed E-state index contributed by atoms with van der Waals surface area (Å²) in [4.78, 5) is 55.0. The minimum absolute atomic E-state index is 0.0269. The van der Waals surface area contributed by atoms with Crippen LogP contribution in [0.4, 0.5) is 0 Å². The summed E-state index contributed by atoms with van der Waals surface area (Å²) in [5.74, 6) is -5.96. The van der Waals surface area contributed by atoms with Crippen LogP contribution in [0.2, 0.25) is 0 Å². The average Bonchev–Trinajstić information content (AvgIpc) is 3.39. The fourth-order valence-corrected chi connectivity index (χ4v) is 11.9. The van der Waals surface area contributed by atoms with Crippen LogP contribution in [0.1, 0.15) is 124 Å². The summed E-state index contributed by atoms with van der Waals surface area (Å²) in [6.45, 7) is 18.1. The van der Waals surface area contributed by atoms with Gasteiger partial charge in [-0.25, -0.2) is 4.79 Å². The Balaban J connectivity index is 1.36. The number of ether oxygens (including phenoxy) is 8. The monoisotopic (exact) mass is 1110 g/mol. The molecule has 0 bridgehead atoms. The summed E-state index contributed by atoms with van der Waals surface area (Å²) in [7, 11) is 10.3. The van der Waals surface area contributed by atoms with Crippen LogP contribution in [0.15, 0.2) is 34.3 Å². The third-order valence-electron chi connectivity index (χ3n) is 16.7. The van der Waals surface area contributed by atoms with E-state index in [1.807, 2.05) is 52.8 Å². The highest BCUT2D eigenvalue weighted by Crippen LogP contribution is 2.42. The molecule has 3 fully saturated rings. The van der Waals surface area contributed by atoms with Crippen molar-refractivity contribution in [3.05, 3.63) is 45.7 Å². The Hall–Kier alpha value is -4.33. The zero-order valence-corrected chi connectivity index (χ0v) is 48.8. The van der Waals surface area contributed by atoms with Crippen molar-refractivity contribution in [1.82, 2.24) is 14.9 Å². The molecule has 5 rings (SSSR count). The lowest BCUT2D eigenvalue weighted by atomic mass is 9.73. The number of aliphatic hydroxyl groups excluding tert-OH is 2. The quantitative estimate of drug-likeness (QED) is 0.0531. The second-order valence-electron chi connectivity index (χ2n) is 23.0. The SMILES string of the molecule is CC[C@H]1OC(=O)[C@H](C)[C@@H](O[C@H]2C[C@@](C)(OC)[C@@H](OC(=O)CCNCCCc3ccc4c(c3)c(=O)c(C(=O)O)cn4N(C)C)[C@H](C)O2)[C@H](C)[C@@H](O[C@@H]2O[C@H](C)C[C@H](N(C)C)[C@H]2O)[C@](C)(OC)C[C@@H](C)/C(=N\O)[C@@H](C)[C@@H](O)[C@]1(C)O. The Labute approximate surface area is 459 Å². The number of aliphatic hydroxyl groups is 3. The first-order valence-corrected chi connectivity index (χ1v) is 27.4. The van der Waals surface area contributed by atoms with E-state index in [1.165, 1.54) is 27.3 Å². The zero-order valence-electron chi connectivity index (χ0n) is 48.8. The van der Waals surface area contributed by atoms with Crippen LogP contribution < -0.4 is 15.8 Å². The van der Waals surface area contributed by atoms with Gasteiger partial charge in [0, 0.05) is 76.7 Å². The lowest BCUT2D eigenvalue weighted by Gasteiger charge is -2.50. The van der Waals surface area contributed by atoms with E-state index >= 15 is 0 Å². The van der Waals surface area contributed by atoms with Crippen LogP contribution in [0.5, 0.6) is 0 Å². The van der Waals surface area contributed by atoms with Crippen molar-refractivity contribution in [3.8, 4) is 0 Å². The first-order valence-electron chi connectivity index (χ1n) is 27.4. The molecule has 22 nitrogen and oxygen atoms in total. The number of benzene rings is 1. The third-order valence-corrected chi connectivity index (χ3v) is 16.7. The van der Waals surface area contributed by atoms with Crippen molar-refractivity contribution >= 4 is 34.5 Å². The predicted molar refractivity (Wildman–Crippen MR) is 290 cm³/mol. The van der Waals surface area contributed by atoms with Gasteiger partial charge in [0.1, 0.15) is 29.0 Å². The van der Waals surface area contributed by atoms with Gasteiger partial charge < -0.3 is 78.8 Å². The molecule has 2 aromatic rings. The van der Waals surface area contributed by atoms with E-state index in [9.17, 15) is 44.8 Å². The maximum Gasteiger partial charge on any atom is 0.341 e.